The van der Waals surface area contributed by atoms with Gasteiger partial charge >= 0.3 is 0 Å². The Kier molecular flexibility index (Phi) is 1.92. The van der Waals surface area contributed by atoms with Crippen molar-refractivity contribution in [3.8, 4) is 5.75 Å². The maximum atomic E-state index is 11.2. The van der Waals surface area contributed by atoms with E-state index in [1.54, 1.807) is 13.2 Å². The highest BCUT2D eigenvalue weighted by atomic mass is 32.1. The van der Waals surface area contributed by atoms with E-state index in [-0.39, 0.29) is 11.2 Å². The summed E-state index contributed by atoms with van der Waals surface area (Å²) >= 11 is 4.18. The Hall–Kier alpha value is -1.16. The molecule has 0 fully saturated rings. The highest BCUT2D eigenvalue weighted by Gasteiger charge is 2.27. The zero-order chi connectivity index (χ0) is 9.42. The Morgan fingerprint density at radius 3 is 3.00 bits per heavy atom. The number of carbonyl (C=O) groups is 1. The number of fused-ring (bicyclic) bond motifs is 1. The van der Waals surface area contributed by atoms with Crippen molar-refractivity contribution < 1.29 is 9.53 Å². The van der Waals surface area contributed by atoms with Crippen molar-refractivity contribution in [2.75, 3.05) is 12.4 Å². The fourth-order valence-electron chi connectivity index (χ4n) is 1.35. The molecule has 4 heteroatoms. The van der Waals surface area contributed by atoms with Crippen molar-refractivity contribution >= 4 is 24.2 Å². The Bertz CT molecular complexity index is 365. The molecule has 1 aliphatic heterocycles. The lowest BCUT2D eigenvalue weighted by Crippen LogP contribution is -2.06. The third-order valence-corrected chi connectivity index (χ3v) is 2.57. The number of methoxy groups -OCH3 is 1. The van der Waals surface area contributed by atoms with Crippen LogP contribution in [0.5, 0.6) is 5.75 Å². The summed E-state index contributed by atoms with van der Waals surface area (Å²) in [6, 6.07) is 5.47. The molecule has 1 heterocycles. The summed E-state index contributed by atoms with van der Waals surface area (Å²) in [5.41, 5.74) is 1.71. The molecule has 1 aliphatic rings. The first kappa shape index (κ1) is 8.44. The molecule has 1 unspecified atom stereocenters. The van der Waals surface area contributed by atoms with Gasteiger partial charge in [-0.1, -0.05) is 6.07 Å². The monoisotopic (exact) mass is 195 g/mol. The quantitative estimate of drug-likeness (QED) is 0.668. The van der Waals surface area contributed by atoms with E-state index in [1.165, 1.54) is 0 Å². The molecule has 1 N–H and O–H groups in total. The molecule has 3 nitrogen and oxygen atoms in total. The third kappa shape index (κ3) is 1.27. The molecule has 1 aromatic rings. The number of rotatable bonds is 1. The van der Waals surface area contributed by atoms with Gasteiger partial charge in [0.05, 0.1) is 7.11 Å². The van der Waals surface area contributed by atoms with Crippen molar-refractivity contribution in [1.29, 1.82) is 0 Å². The highest BCUT2D eigenvalue weighted by molar-refractivity contribution is 7.81. The van der Waals surface area contributed by atoms with Crippen LogP contribution >= 0.6 is 12.6 Å². The second-order valence-electron chi connectivity index (χ2n) is 2.84. The molecule has 2 rings (SSSR count). The van der Waals surface area contributed by atoms with Gasteiger partial charge in [-0.05, 0) is 11.6 Å². The van der Waals surface area contributed by atoms with E-state index in [9.17, 15) is 4.79 Å². The molecule has 68 valence electrons. The number of hydrogen-bond donors (Lipinski definition) is 2. The number of carbonyl (C=O) groups excluding carboxylic acids is 1. The van der Waals surface area contributed by atoms with Gasteiger partial charge in [0.15, 0.2) is 0 Å². The summed E-state index contributed by atoms with van der Waals surface area (Å²) in [4.78, 5) is 11.2. The Morgan fingerprint density at radius 1 is 1.54 bits per heavy atom. The van der Waals surface area contributed by atoms with Crippen molar-refractivity contribution in [3.05, 3.63) is 23.8 Å². The first-order valence-electron chi connectivity index (χ1n) is 3.89. The van der Waals surface area contributed by atoms with Gasteiger partial charge in [0.25, 0.3) is 0 Å². The van der Waals surface area contributed by atoms with Gasteiger partial charge in [-0.15, -0.1) is 0 Å². The summed E-state index contributed by atoms with van der Waals surface area (Å²) < 4.78 is 5.03. The number of amides is 1. The summed E-state index contributed by atoms with van der Waals surface area (Å²) in [6.45, 7) is 0. The largest absolute Gasteiger partial charge is 0.497 e. The zero-order valence-electron chi connectivity index (χ0n) is 7.07. The summed E-state index contributed by atoms with van der Waals surface area (Å²) in [5.74, 6) is 0.660. The molecule has 13 heavy (non-hydrogen) atoms. The minimum absolute atomic E-state index is 0.0772. The molecular weight excluding hydrogens is 186 g/mol. The van der Waals surface area contributed by atoms with Crippen LogP contribution < -0.4 is 10.1 Å². The Labute approximate surface area is 81.5 Å². The van der Waals surface area contributed by atoms with Crippen LogP contribution in [0.15, 0.2) is 18.2 Å². The number of ether oxygens (including phenoxy) is 1. The molecule has 0 aliphatic carbocycles. The van der Waals surface area contributed by atoms with Gasteiger partial charge in [0.2, 0.25) is 5.91 Å². The van der Waals surface area contributed by atoms with E-state index in [4.69, 9.17) is 4.74 Å². The Balaban J connectivity index is 2.46. The van der Waals surface area contributed by atoms with Crippen LogP contribution in [0.4, 0.5) is 5.69 Å². The van der Waals surface area contributed by atoms with Crippen LogP contribution in [0, 0.1) is 0 Å². The van der Waals surface area contributed by atoms with Crippen molar-refractivity contribution in [2.24, 2.45) is 0 Å². The summed E-state index contributed by atoms with van der Waals surface area (Å²) in [5, 5.41) is 2.38. The molecule has 1 aromatic carbocycles. The smallest absolute Gasteiger partial charge is 0.241 e. The van der Waals surface area contributed by atoms with Gasteiger partial charge in [0, 0.05) is 11.8 Å². The molecular formula is C9H9NO2S. The number of benzene rings is 1. The number of anilines is 1. The lowest BCUT2D eigenvalue weighted by molar-refractivity contribution is -0.115. The highest BCUT2D eigenvalue weighted by Crippen LogP contribution is 2.36. The second-order valence-corrected chi connectivity index (χ2v) is 3.36. The second kappa shape index (κ2) is 2.96. The fraction of sp³-hybridized carbons (Fsp3) is 0.222. The van der Waals surface area contributed by atoms with E-state index in [0.717, 1.165) is 17.0 Å². The van der Waals surface area contributed by atoms with E-state index in [0.29, 0.717) is 0 Å². The van der Waals surface area contributed by atoms with Crippen LogP contribution in [-0.4, -0.2) is 13.0 Å². The molecule has 0 aromatic heterocycles. The summed E-state index contributed by atoms with van der Waals surface area (Å²) in [7, 11) is 1.59. The van der Waals surface area contributed by atoms with Crippen LogP contribution in [0.3, 0.4) is 0 Å². The minimum atomic E-state index is -0.346. The van der Waals surface area contributed by atoms with Crippen LogP contribution in [-0.2, 0) is 4.79 Å². The van der Waals surface area contributed by atoms with E-state index >= 15 is 0 Å². The molecule has 0 saturated carbocycles. The maximum absolute atomic E-state index is 11.2. The molecule has 0 saturated heterocycles. The van der Waals surface area contributed by atoms with Crippen molar-refractivity contribution in [2.45, 2.75) is 5.25 Å². The van der Waals surface area contributed by atoms with Gasteiger partial charge in [-0.25, -0.2) is 0 Å². The number of thiol groups is 1. The van der Waals surface area contributed by atoms with E-state index in [1.807, 2.05) is 12.1 Å². The van der Waals surface area contributed by atoms with Crippen LogP contribution in [0.2, 0.25) is 0 Å². The van der Waals surface area contributed by atoms with Crippen molar-refractivity contribution in [3.63, 3.8) is 0 Å². The normalized spacial score (nSPS) is 19.5. The third-order valence-electron chi connectivity index (χ3n) is 2.06. The predicted molar refractivity (Wildman–Crippen MR) is 53.4 cm³/mol. The van der Waals surface area contributed by atoms with Gasteiger partial charge < -0.3 is 10.1 Å². The Morgan fingerprint density at radius 2 is 2.31 bits per heavy atom. The lowest BCUT2D eigenvalue weighted by Gasteiger charge is -2.03. The first-order chi connectivity index (χ1) is 6.22. The van der Waals surface area contributed by atoms with Crippen LogP contribution in [0.1, 0.15) is 10.8 Å². The SMILES string of the molecule is COc1ccc2c(c1)NC(=O)C2S. The first-order valence-corrected chi connectivity index (χ1v) is 4.41. The topological polar surface area (TPSA) is 38.3 Å². The molecule has 1 atom stereocenters. The standard InChI is InChI=1S/C9H9NO2S/c1-12-5-2-3-6-7(4-5)10-9(11)8(6)13/h2-4,8,13H,1H3,(H,10,11). The molecule has 0 radical (unpaired) electrons. The predicted octanol–water partition coefficient (Wildman–Crippen LogP) is 1.62. The van der Waals surface area contributed by atoms with Crippen LogP contribution in [0.25, 0.3) is 0 Å². The number of nitrogens with one attached hydrogen (secondary N) is 1. The molecule has 1 amide bonds. The lowest BCUT2D eigenvalue weighted by atomic mass is 10.1. The average Bonchev–Trinajstić information content (AvgIpc) is 2.42. The van der Waals surface area contributed by atoms with E-state index in [2.05, 4.69) is 17.9 Å². The van der Waals surface area contributed by atoms with Gasteiger partial charge in [0.1, 0.15) is 11.0 Å². The van der Waals surface area contributed by atoms with Gasteiger partial charge in [-0.2, -0.15) is 12.6 Å². The van der Waals surface area contributed by atoms with E-state index < -0.39 is 0 Å². The fourth-order valence-corrected chi connectivity index (χ4v) is 1.64. The molecule has 0 spiro atoms. The molecule has 0 bridgehead atoms. The maximum Gasteiger partial charge on any atom is 0.241 e. The van der Waals surface area contributed by atoms with Gasteiger partial charge in [-0.3, -0.25) is 4.79 Å². The van der Waals surface area contributed by atoms with Crippen molar-refractivity contribution in [1.82, 2.24) is 0 Å². The summed E-state index contributed by atoms with van der Waals surface area (Å²) in [6.07, 6.45) is 0. The average molecular weight is 195 g/mol. The minimum Gasteiger partial charge on any atom is -0.497 e. The number of hydrogen-bond acceptors (Lipinski definition) is 3. The zero-order valence-corrected chi connectivity index (χ0v) is 7.97.